The van der Waals surface area contributed by atoms with Crippen LogP contribution < -0.4 is 10.6 Å². The highest BCUT2D eigenvalue weighted by atomic mass is 16.6. The van der Waals surface area contributed by atoms with Crippen molar-refractivity contribution in [1.29, 1.82) is 0 Å². The predicted molar refractivity (Wildman–Crippen MR) is 145 cm³/mol. The Morgan fingerprint density at radius 2 is 1.62 bits per heavy atom. The SMILES string of the molecule is CCc1ccc(C(C(=O)NC2CCCCC2)N(C(=O)C(CO)NC(=O)OC(C)(C)C)C(C)(C)CC)cc1. The summed E-state index contributed by atoms with van der Waals surface area (Å²) in [6.07, 6.45) is 5.74. The molecule has 0 spiro atoms. The molecule has 1 saturated carbocycles. The fourth-order valence-corrected chi connectivity index (χ4v) is 4.63. The van der Waals surface area contributed by atoms with Gasteiger partial charge in [0, 0.05) is 11.6 Å². The Kier molecular flexibility index (Phi) is 11.0. The first-order valence-corrected chi connectivity index (χ1v) is 13.7. The number of aryl methyl sites for hydroxylation is 1. The van der Waals surface area contributed by atoms with Gasteiger partial charge in [-0.1, -0.05) is 57.4 Å². The molecule has 0 radical (unpaired) electrons. The van der Waals surface area contributed by atoms with E-state index in [-0.39, 0.29) is 11.9 Å². The lowest BCUT2D eigenvalue weighted by Gasteiger charge is -2.45. The molecule has 37 heavy (non-hydrogen) atoms. The van der Waals surface area contributed by atoms with Gasteiger partial charge in [0.25, 0.3) is 0 Å². The Balaban J connectivity index is 2.50. The molecule has 2 rings (SSSR count). The third kappa shape index (κ3) is 8.73. The van der Waals surface area contributed by atoms with Crippen LogP contribution in [0.4, 0.5) is 4.79 Å². The molecular weight excluding hydrogens is 470 g/mol. The summed E-state index contributed by atoms with van der Waals surface area (Å²) in [4.78, 5) is 42.0. The Hall–Kier alpha value is -2.61. The smallest absolute Gasteiger partial charge is 0.408 e. The lowest BCUT2D eigenvalue weighted by Crippen LogP contribution is -2.60. The van der Waals surface area contributed by atoms with Crippen LogP contribution in [0.3, 0.4) is 0 Å². The van der Waals surface area contributed by atoms with Gasteiger partial charge in [-0.05, 0) is 71.4 Å². The normalized spacial score (nSPS) is 16.4. The third-order valence-corrected chi connectivity index (χ3v) is 7.09. The van der Waals surface area contributed by atoms with Crippen molar-refractivity contribution in [2.24, 2.45) is 0 Å². The van der Waals surface area contributed by atoms with E-state index in [0.29, 0.717) is 12.0 Å². The van der Waals surface area contributed by atoms with Gasteiger partial charge in [-0.25, -0.2) is 4.79 Å². The number of benzene rings is 1. The zero-order valence-corrected chi connectivity index (χ0v) is 23.7. The van der Waals surface area contributed by atoms with Crippen LogP contribution in [-0.2, 0) is 20.7 Å². The van der Waals surface area contributed by atoms with Crippen molar-refractivity contribution in [2.75, 3.05) is 6.61 Å². The van der Waals surface area contributed by atoms with E-state index in [1.807, 2.05) is 45.0 Å². The summed E-state index contributed by atoms with van der Waals surface area (Å²) in [5.41, 5.74) is 0.300. The summed E-state index contributed by atoms with van der Waals surface area (Å²) < 4.78 is 5.32. The highest BCUT2D eigenvalue weighted by molar-refractivity contribution is 5.92. The molecule has 0 aliphatic heterocycles. The molecule has 1 aromatic rings. The van der Waals surface area contributed by atoms with Gasteiger partial charge in [-0.15, -0.1) is 0 Å². The van der Waals surface area contributed by atoms with Crippen LogP contribution in [0.25, 0.3) is 0 Å². The number of rotatable bonds is 10. The van der Waals surface area contributed by atoms with Crippen molar-refractivity contribution in [3.63, 3.8) is 0 Å². The first-order chi connectivity index (χ1) is 17.3. The minimum Gasteiger partial charge on any atom is -0.444 e. The summed E-state index contributed by atoms with van der Waals surface area (Å²) in [6, 6.07) is 5.61. The van der Waals surface area contributed by atoms with Gasteiger partial charge < -0.3 is 25.4 Å². The number of nitrogens with zero attached hydrogens (tertiary/aromatic N) is 1. The lowest BCUT2D eigenvalue weighted by atomic mass is 9.90. The molecule has 2 atom stereocenters. The zero-order chi connectivity index (χ0) is 27.8. The number of alkyl carbamates (subject to hydrolysis) is 1. The van der Waals surface area contributed by atoms with Gasteiger partial charge in [0.1, 0.15) is 17.7 Å². The van der Waals surface area contributed by atoms with Crippen molar-refractivity contribution >= 4 is 17.9 Å². The molecule has 1 aromatic carbocycles. The van der Waals surface area contributed by atoms with Crippen molar-refractivity contribution in [3.8, 4) is 0 Å². The zero-order valence-electron chi connectivity index (χ0n) is 23.7. The van der Waals surface area contributed by atoms with Gasteiger partial charge in [0.2, 0.25) is 11.8 Å². The molecule has 0 bridgehead atoms. The summed E-state index contributed by atoms with van der Waals surface area (Å²) in [6.45, 7) is 12.3. The molecule has 8 heteroatoms. The average Bonchev–Trinajstić information content (AvgIpc) is 2.84. The van der Waals surface area contributed by atoms with Crippen LogP contribution >= 0.6 is 0 Å². The maximum Gasteiger partial charge on any atom is 0.408 e. The number of nitrogens with one attached hydrogen (secondary N) is 2. The van der Waals surface area contributed by atoms with Gasteiger partial charge in [-0.2, -0.15) is 0 Å². The van der Waals surface area contributed by atoms with Crippen molar-refractivity contribution in [2.45, 2.75) is 123 Å². The van der Waals surface area contributed by atoms with Crippen molar-refractivity contribution in [3.05, 3.63) is 35.4 Å². The van der Waals surface area contributed by atoms with E-state index in [2.05, 4.69) is 17.6 Å². The maximum absolute atomic E-state index is 14.0. The van der Waals surface area contributed by atoms with E-state index in [1.54, 1.807) is 20.8 Å². The van der Waals surface area contributed by atoms with Gasteiger partial charge in [0.05, 0.1) is 6.61 Å². The highest BCUT2D eigenvalue weighted by Gasteiger charge is 2.43. The van der Waals surface area contributed by atoms with E-state index >= 15 is 0 Å². The summed E-state index contributed by atoms with van der Waals surface area (Å²) in [5.74, 6) is -0.788. The Morgan fingerprint density at radius 3 is 2.11 bits per heavy atom. The molecule has 0 saturated heterocycles. The van der Waals surface area contributed by atoms with Crippen LogP contribution in [0.15, 0.2) is 24.3 Å². The van der Waals surface area contributed by atoms with E-state index < -0.39 is 41.8 Å². The molecule has 8 nitrogen and oxygen atoms in total. The molecule has 2 unspecified atom stereocenters. The topological polar surface area (TPSA) is 108 Å². The Bertz CT molecular complexity index is 901. The molecule has 1 aliphatic rings. The highest BCUT2D eigenvalue weighted by Crippen LogP contribution is 2.33. The lowest BCUT2D eigenvalue weighted by molar-refractivity contribution is -0.150. The van der Waals surface area contributed by atoms with E-state index in [0.717, 1.165) is 44.1 Å². The van der Waals surface area contributed by atoms with Crippen LogP contribution in [0.2, 0.25) is 0 Å². The number of ether oxygens (including phenoxy) is 1. The molecule has 3 N–H and O–H groups in total. The minimum absolute atomic E-state index is 0.0638. The minimum atomic E-state index is -1.26. The molecule has 1 aliphatic carbocycles. The Labute approximate surface area is 222 Å². The molecule has 1 fully saturated rings. The van der Waals surface area contributed by atoms with Crippen molar-refractivity contribution < 1.29 is 24.2 Å². The Morgan fingerprint density at radius 1 is 1.03 bits per heavy atom. The standard InChI is InChI=1S/C29H47N3O5/c1-8-20-15-17-21(18-16-20)24(25(34)30-22-13-11-10-12-14-22)32(29(6,7)9-2)26(35)23(19-33)31-27(36)37-28(3,4)5/h15-18,22-24,33H,8-14,19H2,1-7H3,(H,30,34)(H,31,36). The number of hydrogen-bond donors (Lipinski definition) is 3. The largest absolute Gasteiger partial charge is 0.444 e. The number of aliphatic hydroxyl groups excluding tert-OH is 1. The van der Waals surface area contributed by atoms with E-state index in [4.69, 9.17) is 4.74 Å². The van der Waals surface area contributed by atoms with E-state index in [1.165, 1.54) is 4.90 Å². The first-order valence-electron chi connectivity index (χ1n) is 13.7. The number of carbonyl (C=O) groups is 3. The molecule has 0 heterocycles. The quantitative estimate of drug-likeness (QED) is 0.419. The fourth-order valence-electron chi connectivity index (χ4n) is 4.63. The number of amides is 3. The number of carbonyl (C=O) groups excluding carboxylic acids is 3. The van der Waals surface area contributed by atoms with Gasteiger partial charge in [0.15, 0.2) is 0 Å². The first kappa shape index (κ1) is 30.6. The second-order valence-corrected chi connectivity index (χ2v) is 11.6. The average molecular weight is 518 g/mol. The van der Waals surface area contributed by atoms with Gasteiger partial charge in [-0.3, -0.25) is 9.59 Å². The van der Waals surface area contributed by atoms with Crippen molar-refractivity contribution in [1.82, 2.24) is 15.5 Å². The van der Waals surface area contributed by atoms with Crippen LogP contribution in [0.1, 0.15) is 104 Å². The van der Waals surface area contributed by atoms with Gasteiger partial charge >= 0.3 is 6.09 Å². The monoisotopic (exact) mass is 517 g/mol. The molecule has 0 aromatic heterocycles. The second-order valence-electron chi connectivity index (χ2n) is 11.6. The number of hydrogen-bond acceptors (Lipinski definition) is 5. The number of aliphatic hydroxyl groups is 1. The summed E-state index contributed by atoms with van der Waals surface area (Å²) >= 11 is 0. The predicted octanol–water partition coefficient (Wildman–Crippen LogP) is 4.64. The van der Waals surface area contributed by atoms with Crippen LogP contribution in [0, 0.1) is 0 Å². The molecule has 3 amide bonds. The maximum atomic E-state index is 14.0. The van der Waals surface area contributed by atoms with Crippen LogP contribution in [-0.4, -0.2) is 57.7 Å². The van der Waals surface area contributed by atoms with E-state index in [9.17, 15) is 19.5 Å². The third-order valence-electron chi connectivity index (χ3n) is 7.09. The molecule has 208 valence electrons. The van der Waals surface area contributed by atoms with Crippen LogP contribution in [0.5, 0.6) is 0 Å². The summed E-state index contributed by atoms with van der Waals surface area (Å²) in [7, 11) is 0. The fraction of sp³-hybridized carbons (Fsp3) is 0.690. The second kappa shape index (κ2) is 13.3. The molecular formula is C29H47N3O5. The summed E-state index contributed by atoms with van der Waals surface area (Å²) in [5, 5.41) is 15.8.